The number of carboxylic acid groups (broad SMARTS) is 3. The van der Waals surface area contributed by atoms with Gasteiger partial charge in [-0.2, -0.15) is 11.8 Å². The van der Waals surface area contributed by atoms with E-state index in [-0.39, 0.29) is 32.1 Å². The highest BCUT2D eigenvalue weighted by Crippen LogP contribution is 2.22. The molecule has 21 N–H and O–H groups in total. The van der Waals surface area contributed by atoms with Crippen LogP contribution in [0.2, 0.25) is 0 Å². The first kappa shape index (κ1) is 73.8. The second-order valence-electron chi connectivity index (χ2n) is 21.9. The first-order valence-corrected chi connectivity index (χ1v) is 31.1. The number of rotatable bonds is 40. The number of unbranched alkanes of at least 4 members (excludes halogenated alkanes) is 1. The number of fused-ring (bicyclic) bond motifs is 2. The van der Waals surface area contributed by atoms with Gasteiger partial charge in [0.05, 0.1) is 19.4 Å². The molecule has 0 aliphatic rings. The summed E-state index contributed by atoms with van der Waals surface area (Å²) in [5.74, 6) is -14.7. The molecule has 0 spiro atoms. The van der Waals surface area contributed by atoms with E-state index in [1.54, 1.807) is 97.5 Å². The monoisotopic (exact) mass is 1310 g/mol. The van der Waals surface area contributed by atoms with Crippen molar-refractivity contribution in [2.24, 2.45) is 17.2 Å². The molecule has 0 saturated carbocycles. The number of aliphatic carboxylic acids is 3. The molecule has 0 aliphatic heterocycles. The van der Waals surface area contributed by atoms with Gasteiger partial charge >= 0.3 is 17.9 Å². The minimum absolute atomic E-state index is 0.0168. The number of hydrogen-bond donors (Lipinski definition) is 18. The van der Waals surface area contributed by atoms with Gasteiger partial charge in [0.1, 0.15) is 60.4 Å². The number of primary amides is 1. The second kappa shape index (κ2) is 36.8. The first-order chi connectivity index (χ1) is 44.3. The van der Waals surface area contributed by atoms with Crippen LogP contribution in [0.3, 0.4) is 0 Å². The molecule has 5 rings (SSSR count). The Morgan fingerprint density at radius 3 is 1.41 bits per heavy atom. The van der Waals surface area contributed by atoms with Gasteiger partial charge in [-0.3, -0.25) is 57.5 Å². The second-order valence-corrected chi connectivity index (χ2v) is 22.9. The summed E-state index contributed by atoms with van der Waals surface area (Å²) in [5, 5.41) is 61.9. The molecule has 0 aliphatic carbocycles. The zero-order chi connectivity index (χ0) is 68.3. The molecule has 0 saturated heterocycles. The molecular formula is C61H80N14O17S. The van der Waals surface area contributed by atoms with Crippen molar-refractivity contribution in [2.45, 2.75) is 138 Å². The Labute approximate surface area is 537 Å². The third-order valence-electron chi connectivity index (χ3n) is 14.8. The van der Waals surface area contributed by atoms with Crippen LogP contribution >= 0.6 is 11.8 Å². The number of carbonyl (C=O) groups excluding carboxylic acids is 10. The Balaban J connectivity index is 1.43. The van der Waals surface area contributed by atoms with Gasteiger partial charge in [0.15, 0.2) is 0 Å². The number of aliphatic hydroxyl groups is 1. The number of nitrogens with one attached hydrogen (secondary N) is 11. The molecule has 2 aromatic heterocycles. The summed E-state index contributed by atoms with van der Waals surface area (Å²) in [6.07, 6.45) is 1.82. The van der Waals surface area contributed by atoms with Gasteiger partial charge in [-0.25, -0.2) is 4.79 Å². The molecule has 93 heavy (non-hydrogen) atoms. The molecule has 0 bridgehead atoms. The van der Waals surface area contributed by atoms with E-state index in [1.807, 2.05) is 5.32 Å². The predicted molar refractivity (Wildman–Crippen MR) is 339 cm³/mol. The Bertz CT molecular complexity index is 3460. The summed E-state index contributed by atoms with van der Waals surface area (Å²) in [6.45, 7) is 0.672. The quantitative estimate of drug-likeness (QED) is 0.0181. The van der Waals surface area contributed by atoms with Crippen LogP contribution in [0.1, 0.15) is 75.0 Å². The van der Waals surface area contributed by atoms with Crippen molar-refractivity contribution < 1.29 is 82.8 Å². The minimum Gasteiger partial charge on any atom is -0.481 e. The standard InChI is InChI=1S/C61H80N14O17S/c1-32(52(82)71-46(26-35-30-66-40-17-9-7-15-37(35)40)58(88)69-42(21-23-93-2)55(85)73-44(24-33-12-4-3-5-13-33)57(87)70-43(61(91)92)18-10-11-22-62)67-56(86)45(25-34-29-65-39-16-8-6-14-36(34)39)74-54(84)41(19-20-50(78)79)68-59(89)47(27-49(64)77)75-60(90)48(28-51(80)81)72-53(83)38(63)31-76/h3-9,12-17,29-30,32,38,41-48,65-66,76H,10-11,18-28,31,62-63H2,1-2H3,(H2,64,77)(H,67,86)(H,68,89)(H,69,88)(H,70,87)(H,71,82)(H,72,83)(H,73,85)(H,74,84)(H,75,90)(H,78,79)(H,80,81)(H,91,92)/t32-,38-,41-,42-,43-,44-,45-,46-,47-,48-/m0/s1. The maximum absolute atomic E-state index is 14.8. The lowest BCUT2D eigenvalue weighted by Gasteiger charge is -2.27. The molecule has 32 heteroatoms. The molecule has 10 atom stereocenters. The van der Waals surface area contributed by atoms with E-state index >= 15 is 0 Å². The normalized spacial score (nSPS) is 14.4. The molecule has 5 aromatic rings. The van der Waals surface area contributed by atoms with Crippen molar-refractivity contribution in [3.8, 4) is 0 Å². The SMILES string of the molecule is CSCC[C@H](NC(=O)[C@H](Cc1c[nH]c2ccccc12)NC(=O)[C@H](C)NC(=O)[C@H](Cc1c[nH]c2ccccc12)NC(=O)[C@H](CCC(=O)O)NC(=O)[C@H](CC(N)=O)NC(=O)[C@H](CC(=O)O)NC(=O)[C@@H](N)CO)C(=O)N[C@@H](Cc1ccccc1)C(=O)N[C@@H](CCCCN)C(=O)O. The lowest BCUT2D eigenvalue weighted by atomic mass is 10.0. The van der Waals surface area contributed by atoms with Gasteiger partial charge in [-0.05, 0) is 86.4 Å². The first-order valence-electron chi connectivity index (χ1n) is 29.7. The molecule has 502 valence electrons. The topological polar surface area (TPSA) is 521 Å². The highest BCUT2D eigenvalue weighted by atomic mass is 32.2. The molecule has 3 aromatic carbocycles. The van der Waals surface area contributed by atoms with E-state index < -0.39 is 170 Å². The molecule has 0 fully saturated rings. The molecule has 31 nitrogen and oxygen atoms in total. The largest absolute Gasteiger partial charge is 0.481 e. The van der Waals surface area contributed by atoms with Crippen LogP contribution in [0, 0.1) is 0 Å². The number of carboxylic acids is 3. The van der Waals surface area contributed by atoms with Crippen LogP contribution in [-0.4, -0.2) is 193 Å². The van der Waals surface area contributed by atoms with Crippen LogP contribution in [0.5, 0.6) is 0 Å². The smallest absolute Gasteiger partial charge is 0.326 e. The molecule has 10 amide bonds. The third-order valence-corrected chi connectivity index (χ3v) is 15.4. The van der Waals surface area contributed by atoms with Gasteiger partial charge in [-0.1, -0.05) is 66.7 Å². The number of aromatic amines is 2. The van der Waals surface area contributed by atoms with E-state index in [9.17, 15) is 82.8 Å². The average Bonchev–Trinajstić information content (AvgIpc) is 1.75. The number of aliphatic hydroxyl groups excluding tert-OH is 1. The van der Waals surface area contributed by atoms with E-state index in [1.165, 1.54) is 18.7 Å². The number of H-pyrrole nitrogens is 2. The molecule has 0 unspecified atom stereocenters. The summed E-state index contributed by atoms with van der Waals surface area (Å²) in [4.78, 5) is 181. The average molecular weight is 1310 g/mol. The third kappa shape index (κ3) is 23.4. The maximum Gasteiger partial charge on any atom is 0.326 e. The number of thioether (sulfide) groups is 1. The lowest BCUT2D eigenvalue weighted by Crippen LogP contribution is -2.61. The summed E-state index contributed by atoms with van der Waals surface area (Å²) in [6, 6.07) is 6.58. The fourth-order valence-corrected chi connectivity index (χ4v) is 10.2. The number of amides is 10. The van der Waals surface area contributed by atoms with Crippen molar-refractivity contribution in [3.63, 3.8) is 0 Å². The predicted octanol–water partition coefficient (Wildman–Crippen LogP) is -2.44. The van der Waals surface area contributed by atoms with Crippen molar-refractivity contribution in [1.82, 2.24) is 57.8 Å². The Morgan fingerprint density at radius 1 is 0.484 bits per heavy atom. The zero-order valence-corrected chi connectivity index (χ0v) is 51.9. The van der Waals surface area contributed by atoms with Gasteiger partial charge in [0, 0.05) is 59.9 Å². The number of nitrogens with two attached hydrogens (primary N) is 3. The van der Waals surface area contributed by atoms with Crippen molar-refractivity contribution in [2.75, 3.05) is 25.2 Å². The Hall–Kier alpha value is -9.92. The number of benzene rings is 3. The maximum atomic E-state index is 14.8. The highest BCUT2D eigenvalue weighted by molar-refractivity contribution is 7.98. The lowest BCUT2D eigenvalue weighted by molar-refractivity contribution is -0.142. The molecular weight excluding hydrogens is 1230 g/mol. The summed E-state index contributed by atoms with van der Waals surface area (Å²) >= 11 is 1.35. The van der Waals surface area contributed by atoms with Crippen LogP contribution < -0.4 is 65.1 Å². The number of para-hydroxylation sites is 2. The van der Waals surface area contributed by atoms with Gasteiger partial charge in [0.2, 0.25) is 59.1 Å². The number of carbonyl (C=O) groups is 13. The van der Waals surface area contributed by atoms with Gasteiger partial charge in [0.25, 0.3) is 0 Å². The van der Waals surface area contributed by atoms with E-state index in [4.69, 9.17) is 17.2 Å². The van der Waals surface area contributed by atoms with E-state index in [0.29, 0.717) is 63.6 Å². The van der Waals surface area contributed by atoms with Gasteiger partial charge < -0.3 is 95.4 Å². The van der Waals surface area contributed by atoms with Gasteiger partial charge in [-0.15, -0.1) is 0 Å². The summed E-state index contributed by atoms with van der Waals surface area (Å²) in [7, 11) is 0. The van der Waals surface area contributed by atoms with Crippen molar-refractivity contribution in [1.29, 1.82) is 0 Å². The Kier molecular flexibility index (Phi) is 29.2. The fraction of sp³-hybridized carbons (Fsp3) is 0.426. The van der Waals surface area contributed by atoms with Crippen molar-refractivity contribution in [3.05, 3.63) is 108 Å². The highest BCUT2D eigenvalue weighted by Gasteiger charge is 2.37. The zero-order valence-electron chi connectivity index (χ0n) is 51.1. The fourth-order valence-electron chi connectivity index (χ4n) is 9.78. The van der Waals surface area contributed by atoms with Crippen LogP contribution in [0.25, 0.3) is 21.8 Å². The summed E-state index contributed by atoms with van der Waals surface area (Å²) in [5.41, 5.74) is 19.4. The van der Waals surface area contributed by atoms with E-state index in [2.05, 4.69) is 52.5 Å². The van der Waals surface area contributed by atoms with Crippen LogP contribution in [0.4, 0.5) is 0 Å². The summed E-state index contributed by atoms with van der Waals surface area (Å²) < 4.78 is 0. The Morgan fingerprint density at radius 2 is 0.914 bits per heavy atom. The van der Waals surface area contributed by atoms with Crippen LogP contribution in [-0.2, 0) is 81.6 Å². The minimum atomic E-state index is -1.99. The molecule has 0 radical (unpaired) electrons. The van der Waals surface area contributed by atoms with Crippen molar-refractivity contribution >= 4 is 111 Å². The van der Waals surface area contributed by atoms with Crippen LogP contribution in [0.15, 0.2) is 91.3 Å². The number of hydrogen-bond acceptors (Lipinski definition) is 17. The van der Waals surface area contributed by atoms with E-state index in [0.717, 1.165) is 0 Å². The molecule has 2 heterocycles. The number of aromatic nitrogens is 2.